The van der Waals surface area contributed by atoms with Gasteiger partial charge in [0.15, 0.2) is 6.61 Å². The average Bonchev–Trinajstić information content (AvgIpc) is 2.85. The van der Waals surface area contributed by atoms with Crippen LogP contribution < -0.4 is 5.32 Å². The Morgan fingerprint density at radius 3 is 2.65 bits per heavy atom. The van der Waals surface area contributed by atoms with E-state index < -0.39 is 5.97 Å². The lowest BCUT2D eigenvalue weighted by Crippen LogP contribution is -2.33. The summed E-state index contributed by atoms with van der Waals surface area (Å²) in [6.07, 6.45) is 2.79. The third-order valence-electron chi connectivity index (χ3n) is 3.47. The lowest BCUT2D eigenvalue weighted by molar-refractivity contribution is -0.143. The Kier molecular flexibility index (Phi) is 6.97. The van der Waals surface area contributed by atoms with E-state index in [-0.39, 0.29) is 18.6 Å². The van der Waals surface area contributed by atoms with Crippen LogP contribution >= 0.6 is 11.6 Å². The number of benzene rings is 1. The molecule has 0 fully saturated rings. The minimum atomic E-state index is -0.616. The number of amides is 1. The second-order valence-corrected chi connectivity index (χ2v) is 6.45. The van der Waals surface area contributed by atoms with Gasteiger partial charge in [-0.3, -0.25) is 4.79 Å². The van der Waals surface area contributed by atoms with E-state index in [0.29, 0.717) is 23.0 Å². The average molecular weight is 376 g/mol. The van der Waals surface area contributed by atoms with Gasteiger partial charge in [0.05, 0.1) is 12.2 Å². The van der Waals surface area contributed by atoms with Crippen LogP contribution in [0.3, 0.4) is 0 Å². The molecule has 1 heterocycles. The number of esters is 1. The third kappa shape index (κ3) is 5.74. The summed E-state index contributed by atoms with van der Waals surface area (Å²) >= 11 is 6.38. The first-order valence-corrected chi connectivity index (χ1v) is 8.65. The molecule has 0 saturated heterocycles. The molecule has 0 radical (unpaired) electrons. The van der Waals surface area contributed by atoms with Gasteiger partial charge in [0.25, 0.3) is 5.91 Å². The van der Waals surface area contributed by atoms with Crippen LogP contribution in [0, 0.1) is 6.92 Å². The van der Waals surface area contributed by atoms with Crippen molar-refractivity contribution < 1.29 is 14.3 Å². The minimum Gasteiger partial charge on any atom is -0.452 e. The largest absolute Gasteiger partial charge is 0.452 e. The van der Waals surface area contributed by atoms with Crippen LogP contribution in [-0.4, -0.2) is 34.3 Å². The maximum absolute atomic E-state index is 11.8. The van der Waals surface area contributed by atoms with Crippen molar-refractivity contribution in [1.82, 2.24) is 15.1 Å². The van der Waals surface area contributed by atoms with E-state index in [1.165, 1.54) is 6.08 Å². The van der Waals surface area contributed by atoms with E-state index in [0.717, 1.165) is 5.56 Å². The highest BCUT2D eigenvalue weighted by molar-refractivity contribution is 6.31. The number of carbonyl (C=O) groups is 2. The Morgan fingerprint density at radius 2 is 2.00 bits per heavy atom. The third-order valence-corrected chi connectivity index (χ3v) is 3.86. The number of aromatic nitrogens is 2. The first-order valence-electron chi connectivity index (χ1n) is 8.28. The summed E-state index contributed by atoms with van der Waals surface area (Å²) in [5.74, 6) is -0.957. The van der Waals surface area contributed by atoms with E-state index in [4.69, 9.17) is 16.3 Å². The Balaban J connectivity index is 1.99. The van der Waals surface area contributed by atoms with Crippen LogP contribution in [0.5, 0.6) is 0 Å². The highest BCUT2D eigenvalue weighted by Gasteiger charge is 2.12. The number of hydrogen-bond donors (Lipinski definition) is 1. The zero-order chi connectivity index (χ0) is 19.1. The summed E-state index contributed by atoms with van der Waals surface area (Å²) in [6, 6.07) is 9.82. The van der Waals surface area contributed by atoms with Gasteiger partial charge in [-0.1, -0.05) is 41.9 Å². The summed E-state index contributed by atoms with van der Waals surface area (Å²) in [5, 5.41) is 7.49. The lowest BCUT2D eigenvalue weighted by Gasteiger charge is -2.07. The molecule has 1 amide bonds. The molecule has 0 aliphatic rings. The molecule has 138 valence electrons. The summed E-state index contributed by atoms with van der Waals surface area (Å²) in [4.78, 5) is 23.2. The van der Waals surface area contributed by atoms with Gasteiger partial charge in [-0.2, -0.15) is 5.10 Å². The first-order chi connectivity index (χ1) is 12.4. The van der Waals surface area contributed by atoms with Crippen molar-refractivity contribution >= 4 is 29.6 Å². The van der Waals surface area contributed by atoms with Gasteiger partial charge in [-0.25, -0.2) is 9.48 Å². The van der Waals surface area contributed by atoms with Gasteiger partial charge in [0.2, 0.25) is 0 Å². The van der Waals surface area contributed by atoms with Gasteiger partial charge in [-0.05, 0) is 32.4 Å². The molecule has 1 N–H and O–H groups in total. The molecule has 0 aliphatic carbocycles. The first kappa shape index (κ1) is 19.7. The molecule has 6 nitrogen and oxygen atoms in total. The molecule has 2 aromatic rings. The maximum atomic E-state index is 11.8. The van der Waals surface area contributed by atoms with E-state index in [1.54, 1.807) is 10.8 Å². The molecular weight excluding hydrogens is 354 g/mol. The van der Waals surface area contributed by atoms with E-state index in [2.05, 4.69) is 10.4 Å². The highest BCUT2D eigenvalue weighted by atomic mass is 35.5. The number of nitrogens with zero attached hydrogens (tertiary/aromatic N) is 2. The SMILES string of the molecule is Cc1nn(Cc2ccccc2)c(Cl)c1/C=C/C(=O)OCC(=O)NC(C)C. The number of hydrogen-bond acceptors (Lipinski definition) is 4. The molecule has 0 bridgehead atoms. The van der Waals surface area contributed by atoms with Gasteiger partial charge < -0.3 is 10.1 Å². The van der Waals surface area contributed by atoms with Crippen LogP contribution in [0.4, 0.5) is 0 Å². The lowest BCUT2D eigenvalue weighted by atomic mass is 10.2. The zero-order valence-corrected chi connectivity index (χ0v) is 15.8. The molecular formula is C19H22ClN3O3. The van der Waals surface area contributed by atoms with Gasteiger partial charge >= 0.3 is 5.97 Å². The summed E-state index contributed by atoms with van der Waals surface area (Å²) in [5.41, 5.74) is 2.42. The fraction of sp³-hybridized carbons (Fsp3) is 0.316. The van der Waals surface area contributed by atoms with Crippen molar-refractivity contribution in [2.45, 2.75) is 33.4 Å². The smallest absolute Gasteiger partial charge is 0.331 e. The Bertz CT molecular complexity index is 798. The van der Waals surface area contributed by atoms with Crippen LogP contribution in [0.1, 0.15) is 30.7 Å². The molecule has 1 aromatic heterocycles. The summed E-state index contributed by atoms with van der Waals surface area (Å²) < 4.78 is 6.57. The number of rotatable bonds is 7. The molecule has 0 spiro atoms. The van der Waals surface area contributed by atoms with E-state index >= 15 is 0 Å². The topological polar surface area (TPSA) is 73.2 Å². The second kappa shape index (κ2) is 9.20. The van der Waals surface area contributed by atoms with Crippen LogP contribution in [0.15, 0.2) is 36.4 Å². The molecule has 0 atom stereocenters. The highest BCUT2D eigenvalue weighted by Crippen LogP contribution is 2.22. The maximum Gasteiger partial charge on any atom is 0.331 e. The van der Waals surface area contributed by atoms with Crippen molar-refractivity contribution in [3.05, 3.63) is 58.4 Å². The van der Waals surface area contributed by atoms with Crippen molar-refractivity contribution in [3.63, 3.8) is 0 Å². The molecule has 1 aromatic carbocycles. The molecule has 0 aliphatic heterocycles. The van der Waals surface area contributed by atoms with Crippen molar-refractivity contribution in [2.75, 3.05) is 6.61 Å². The number of halogens is 1. The predicted octanol–water partition coefficient (Wildman–Crippen LogP) is 2.97. The summed E-state index contributed by atoms with van der Waals surface area (Å²) in [7, 11) is 0. The normalized spacial score (nSPS) is 11.1. The molecule has 26 heavy (non-hydrogen) atoms. The quantitative estimate of drug-likeness (QED) is 0.596. The number of carbonyl (C=O) groups excluding carboxylic acids is 2. The van der Waals surface area contributed by atoms with Crippen molar-refractivity contribution in [2.24, 2.45) is 0 Å². The zero-order valence-electron chi connectivity index (χ0n) is 15.0. The van der Waals surface area contributed by atoms with Crippen LogP contribution in [0.2, 0.25) is 5.15 Å². The van der Waals surface area contributed by atoms with E-state index in [1.807, 2.05) is 51.1 Å². The van der Waals surface area contributed by atoms with Crippen LogP contribution in [-0.2, 0) is 20.9 Å². The minimum absolute atomic E-state index is 0.00588. The monoisotopic (exact) mass is 375 g/mol. The molecule has 2 rings (SSSR count). The van der Waals surface area contributed by atoms with Crippen molar-refractivity contribution in [1.29, 1.82) is 0 Å². The van der Waals surface area contributed by atoms with Crippen LogP contribution in [0.25, 0.3) is 6.08 Å². The number of nitrogens with one attached hydrogen (secondary N) is 1. The summed E-state index contributed by atoms with van der Waals surface area (Å²) in [6.45, 7) is 5.69. The predicted molar refractivity (Wildman–Crippen MR) is 101 cm³/mol. The second-order valence-electron chi connectivity index (χ2n) is 6.10. The Hall–Kier alpha value is -2.60. The fourth-order valence-corrected chi connectivity index (χ4v) is 2.61. The van der Waals surface area contributed by atoms with E-state index in [9.17, 15) is 9.59 Å². The molecule has 0 unspecified atom stereocenters. The van der Waals surface area contributed by atoms with Gasteiger partial charge in [-0.15, -0.1) is 0 Å². The Morgan fingerprint density at radius 1 is 1.31 bits per heavy atom. The fourth-order valence-electron chi connectivity index (χ4n) is 2.32. The Labute approximate surface area is 157 Å². The number of aryl methyl sites for hydroxylation is 1. The van der Waals surface area contributed by atoms with Gasteiger partial charge in [0.1, 0.15) is 5.15 Å². The standard InChI is InChI=1S/C19H22ClN3O3/c1-13(2)21-17(24)12-26-18(25)10-9-16-14(3)22-23(19(16)20)11-15-7-5-4-6-8-15/h4-10,13H,11-12H2,1-3H3,(H,21,24)/b10-9+. The molecule has 7 heteroatoms. The molecule has 0 saturated carbocycles. The van der Waals surface area contributed by atoms with Gasteiger partial charge in [0, 0.05) is 17.7 Å². The van der Waals surface area contributed by atoms with Crippen molar-refractivity contribution in [3.8, 4) is 0 Å². The number of ether oxygens (including phenoxy) is 1.